The molecule has 4 nitrogen and oxygen atoms in total. The van der Waals surface area contributed by atoms with Crippen LogP contribution in [0.25, 0.3) is 0 Å². The lowest BCUT2D eigenvalue weighted by molar-refractivity contribution is 0.0950. The molecule has 104 valence electrons. The topological polar surface area (TPSA) is 68.0 Å². The van der Waals surface area contributed by atoms with Crippen molar-refractivity contribution < 1.29 is 4.79 Å². The van der Waals surface area contributed by atoms with Gasteiger partial charge in [0.2, 0.25) is 0 Å². The smallest absolute Gasteiger partial charge is 0.253 e. The Hall–Kier alpha value is -2.07. The molecule has 1 amide bonds. The van der Waals surface area contributed by atoms with Crippen LogP contribution < -0.4 is 11.1 Å². The summed E-state index contributed by atoms with van der Waals surface area (Å²) in [4.78, 5) is 16.4. The predicted molar refractivity (Wildman–Crippen MR) is 80.6 cm³/mol. The van der Waals surface area contributed by atoms with Crippen molar-refractivity contribution >= 4 is 23.2 Å². The van der Waals surface area contributed by atoms with E-state index in [2.05, 4.69) is 17.2 Å². The quantitative estimate of drug-likeness (QED) is 0.851. The Kier molecular flexibility index (Phi) is 4.58. The highest BCUT2D eigenvalue weighted by atomic mass is 35.5. The van der Waals surface area contributed by atoms with Crippen molar-refractivity contribution in [3.63, 3.8) is 0 Å². The lowest BCUT2D eigenvalue weighted by Crippen LogP contribution is -2.24. The van der Waals surface area contributed by atoms with Gasteiger partial charge >= 0.3 is 0 Å². The normalized spacial score (nSPS) is 10.3. The van der Waals surface area contributed by atoms with Crippen molar-refractivity contribution in [3.05, 3.63) is 58.4 Å². The van der Waals surface area contributed by atoms with Gasteiger partial charge in [-0.15, -0.1) is 0 Å². The largest absolute Gasteiger partial charge is 0.398 e. The van der Waals surface area contributed by atoms with E-state index in [1.54, 1.807) is 24.4 Å². The SMILES string of the molecule is CCc1cccnc1CNC(=O)c1cccc(N)c1Cl. The second kappa shape index (κ2) is 6.39. The Morgan fingerprint density at radius 2 is 2.15 bits per heavy atom. The van der Waals surface area contributed by atoms with E-state index >= 15 is 0 Å². The minimum absolute atomic E-state index is 0.255. The van der Waals surface area contributed by atoms with Crippen molar-refractivity contribution in [3.8, 4) is 0 Å². The molecule has 0 saturated heterocycles. The van der Waals surface area contributed by atoms with Gasteiger partial charge in [-0.3, -0.25) is 9.78 Å². The number of carbonyl (C=O) groups excluding carboxylic acids is 1. The lowest BCUT2D eigenvalue weighted by atomic mass is 10.1. The fourth-order valence-electron chi connectivity index (χ4n) is 1.94. The molecule has 1 aromatic heterocycles. The fraction of sp³-hybridized carbons (Fsp3) is 0.200. The van der Waals surface area contributed by atoms with E-state index in [0.29, 0.717) is 17.8 Å². The van der Waals surface area contributed by atoms with Crippen LogP contribution in [0.2, 0.25) is 5.02 Å². The molecule has 0 bridgehead atoms. The first-order chi connectivity index (χ1) is 9.63. The number of carbonyl (C=O) groups is 1. The third-order valence-corrected chi connectivity index (χ3v) is 3.48. The Bertz CT molecular complexity index is 628. The number of anilines is 1. The van der Waals surface area contributed by atoms with Crippen LogP contribution in [0.1, 0.15) is 28.5 Å². The third-order valence-electron chi connectivity index (χ3n) is 3.06. The summed E-state index contributed by atoms with van der Waals surface area (Å²) in [7, 11) is 0. The zero-order valence-corrected chi connectivity index (χ0v) is 11.9. The molecule has 2 aromatic rings. The van der Waals surface area contributed by atoms with Crippen molar-refractivity contribution in [2.24, 2.45) is 0 Å². The van der Waals surface area contributed by atoms with Gasteiger partial charge < -0.3 is 11.1 Å². The van der Waals surface area contributed by atoms with E-state index in [1.165, 1.54) is 0 Å². The number of nitrogens with zero attached hydrogens (tertiary/aromatic N) is 1. The average Bonchev–Trinajstić information content (AvgIpc) is 2.48. The number of aryl methyl sites for hydroxylation is 1. The molecule has 0 fully saturated rings. The zero-order valence-electron chi connectivity index (χ0n) is 11.2. The van der Waals surface area contributed by atoms with Gasteiger partial charge in [-0.2, -0.15) is 0 Å². The van der Waals surface area contributed by atoms with Gasteiger partial charge in [0.15, 0.2) is 0 Å². The molecule has 0 radical (unpaired) electrons. The number of hydrogen-bond donors (Lipinski definition) is 2. The molecule has 0 spiro atoms. The van der Waals surface area contributed by atoms with Crippen molar-refractivity contribution in [2.75, 3.05) is 5.73 Å². The van der Waals surface area contributed by atoms with Gasteiger partial charge in [-0.25, -0.2) is 0 Å². The number of nitrogen functional groups attached to an aromatic ring is 1. The van der Waals surface area contributed by atoms with Crippen molar-refractivity contribution in [2.45, 2.75) is 19.9 Å². The third kappa shape index (κ3) is 3.08. The first-order valence-electron chi connectivity index (χ1n) is 6.38. The number of pyridine rings is 1. The highest BCUT2D eigenvalue weighted by Crippen LogP contribution is 2.22. The number of rotatable bonds is 4. The molecule has 5 heteroatoms. The first-order valence-corrected chi connectivity index (χ1v) is 6.76. The van der Waals surface area contributed by atoms with E-state index in [-0.39, 0.29) is 10.9 Å². The highest BCUT2D eigenvalue weighted by molar-refractivity contribution is 6.36. The van der Waals surface area contributed by atoms with Gasteiger partial charge in [-0.05, 0) is 30.2 Å². The van der Waals surface area contributed by atoms with Gasteiger partial charge in [0.1, 0.15) is 0 Å². The van der Waals surface area contributed by atoms with Crippen LogP contribution in [0.5, 0.6) is 0 Å². The van der Waals surface area contributed by atoms with Crippen LogP contribution in [0.15, 0.2) is 36.5 Å². The van der Waals surface area contributed by atoms with Gasteiger partial charge in [0.05, 0.1) is 28.5 Å². The number of hydrogen-bond acceptors (Lipinski definition) is 3. The molecular formula is C15H16ClN3O. The van der Waals surface area contributed by atoms with Crippen LogP contribution in [-0.2, 0) is 13.0 Å². The Labute approximate surface area is 123 Å². The number of nitrogens with two attached hydrogens (primary N) is 1. The second-order valence-electron chi connectivity index (χ2n) is 4.35. The molecular weight excluding hydrogens is 274 g/mol. The molecule has 2 rings (SSSR count). The Morgan fingerprint density at radius 3 is 2.90 bits per heavy atom. The lowest BCUT2D eigenvalue weighted by Gasteiger charge is -2.10. The summed E-state index contributed by atoms with van der Waals surface area (Å²) in [5, 5.41) is 3.10. The summed E-state index contributed by atoms with van der Waals surface area (Å²) in [6.07, 6.45) is 2.59. The minimum atomic E-state index is -0.255. The number of amides is 1. The van der Waals surface area contributed by atoms with E-state index in [4.69, 9.17) is 17.3 Å². The minimum Gasteiger partial charge on any atom is -0.398 e. The molecule has 3 N–H and O–H groups in total. The molecule has 0 aliphatic carbocycles. The molecule has 0 aliphatic heterocycles. The van der Waals surface area contributed by atoms with Gasteiger partial charge in [0, 0.05) is 6.20 Å². The maximum atomic E-state index is 12.1. The zero-order chi connectivity index (χ0) is 14.5. The Morgan fingerprint density at radius 1 is 1.35 bits per heavy atom. The fourth-order valence-corrected chi connectivity index (χ4v) is 2.15. The average molecular weight is 290 g/mol. The van der Waals surface area contributed by atoms with Crippen LogP contribution in [-0.4, -0.2) is 10.9 Å². The van der Waals surface area contributed by atoms with Gasteiger partial charge in [-0.1, -0.05) is 30.7 Å². The second-order valence-corrected chi connectivity index (χ2v) is 4.73. The molecule has 1 aromatic carbocycles. The summed E-state index contributed by atoms with van der Waals surface area (Å²) in [6, 6.07) is 8.90. The Balaban J connectivity index is 2.11. The molecule has 0 unspecified atom stereocenters. The first kappa shape index (κ1) is 14.3. The maximum absolute atomic E-state index is 12.1. The summed E-state index contributed by atoms with van der Waals surface area (Å²) in [5.41, 5.74) is 8.44. The van der Waals surface area contributed by atoms with Crippen LogP contribution in [0.3, 0.4) is 0 Å². The molecule has 20 heavy (non-hydrogen) atoms. The highest BCUT2D eigenvalue weighted by Gasteiger charge is 2.12. The van der Waals surface area contributed by atoms with Crippen LogP contribution in [0.4, 0.5) is 5.69 Å². The van der Waals surface area contributed by atoms with E-state index in [1.807, 2.05) is 12.1 Å². The molecule has 0 saturated carbocycles. The predicted octanol–water partition coefficient (Wildman–Crippen LogP) is 2.81. The molecule has 0 aliphatic rings. The number of halogens is 1. The van der Waals surface area contributed by atoms with E-state index in [9.17, 15) is 4.79 Å². The van der Waals surface area contributed by atoms with Gasteiger partial charge in [0.25, 0.3) is 5.91 Å². The summed E-state index contributed by atoms with van der Waals surface area (Å²) < 4.78 is 0. The summed E-state index contributed by atoms with van der Waals surface area (Å²) in [6.45, 7) is 2.42. The van der Waals surface area contributed by atoms with E-state index < -0.39 is 0 Å². The maximum Gasteiger partial charge on any atom is 0.253 e. The van der Waals surface area contributed by atoms with E-state index in [0.717, 1.165) is 17.7 Å². The number of nitrogens with one attached hydrogen (secondary N) is 1. The number of benzene rings is 1. The van der Waals surface area contributed by atoms with Crippen LogP contribution in [0, 0.1) is 0 Å². The monoisotopic (exact) mass is 289 g/mol. The summed E-state index contributed by atoms with van der Waals surface area (Å²) in [5.74, 6) is -0.255. The van der Waals surface area contributed by atoms with Crippen LogP contribution >= 0.6 is 11.6 Å². The molecule has 0 atom stereocenters. The number of aromatic nitrogens is 1. The summed E-state index contributed by atoms with van der Waals surface area (Å²) >= 11 is 6.03. The molecule has 1 heterocycles. The standard InChI is InChI=1S/C15H16ClN3O/c1-2-10-5-4-8-18-13(10)9-19-15(20)11-6-3-7-12(17)14(11)16/h3-8H,2,9,17H2,1H3,(H,19,20). The van der Waals surface area contributed by atoms with Crippen molar-refractivity contribution in [1.29, 1.82) is 0 Å². The van der Waals surface area contributed by atoms with Crippen molar-refractivity contribution in [1.82, 2.24) is 10.3 Å².